The Balaban J connectivity index is 0.000000980. The van der Waals surface area contributed by atoms with Crippen molar-refractivity contribution < 1.29 is 0 Å². The van der Waals surface area contributed by atoms with Crippen LogP contribution in [0.5, 0.6) is 0 Å². The summed E-state index contributed by atoms with van der Waals surface area (Å²) in [5.74, 6) is 0. The molecule has 74 valence electrons. The molecule has 0 bridgehead atoms. The second-order valence-corrected chi connectivity index (χ2v) is 4.13. The standard InChI is InChI=1S/C9H4BrCl2N.ClH/c10-8-6(11)4-7-5(9(8)12)2-1-3-13-7;/h1-4H;1H. The van der Waals surface area contributed by atoms with E-state index in [1.807, 2.05) is 12.1 Å². The number of nitrogens with zero attached hydrogens (tertiary/aromatic N) is 1. The number of pyridine rings is 1. The van der Waals surface area contributed by atoms with Crippen molar-refractivity contribution in [2.45, 2.75) is 0 Å². The number of hydrogen-bond donors (Lipinski definition) is 0. The fraction of sp³-hybridized carbons (Fsp3) is 0. The van der Waals surface area contributed by atoms with Gasteiger partial charge in [-0.2, -0.15) is 0 Å². The van der Waals surface area contributed by atoms with Crippen LogP contribution in [0.4, 0.5) is 0 Å². The summed E-state index contributed by atoms with van der Waals surface area (Å²) < 4.78 is 0.719. The molecule has 0 N–H and O–H groups in total. The van der Waals surface area contributed by atoms with Gasteiger partial charge in [0.25, 0.3) is 0 Å². The molecular weight excluding hydrogens is 308 g/mol. The van der Waals surface area contributed by atoms with Crippen molar-refractivity contribution in [1.82, 2.24) is 4.98 Å². The Morgan fingerprint density at radius 1 is 1.29 bits per heavy atom. The molecule has 0 amide bonds. The van der Waals surface area contributed by atoms with Crippen molar-refractivity contribution in [3.63, 3.8) is 0 Å². The minimum atomic E-state index is 0. The van der Waals surface area contributed by atoms with Crippen LogP contribution in [0.25, 0.3) is 10.9 Å². The van der Waals surface area contributed by atoms with Gasteiger partial charge in [0.05, 0.1) is 20.0 Å². The van der Waals surface area contributed by atoms with Crippen LogP contribution in [0, 0.1) is 0 Å². The summed E-state index contributed by atoms with van der Waals surface area (Å²) in [5, 5.41) is 2.09. The second-order valence-electron chi connectivity index (χ2n) is 2.56. The first kappa shape index (κ1) is 12.1. The van der Waals surface area contributed by atoms with E-state index in [0.29, 0.717) is 10.0 Å². The van der Waals surface area contributed by atoms with Gasteiger partial charge in [-0.05, 0) is 34.1 Å². The molecule has 2 rings (SSSR count). The molecule has 1 nitrogen and oxygen atoms in total. The number of rotatable bonds is 0. The van der Waals surface area contributed by atoms with Gasteiger partial charge in [0.15, 0.2) is 0 Å². The van der Waals surface area contributed by atoms with Crippen LogP contribution in [-0.2, 0) is 0 Å². The molecule has 1 heterocycles. The Bertz CT molecular complexity index is 473. The summed E-state index contributed by atoms with van der Waals surface area (Å²) in [4.78, 5) is 4.15. The summed E-state index contributed by atoms with van der Waals surface area (Å²) >= 11 is 15.3. The fourth-order valence-corrected chi connectivity index (χ4v) is 1.96. The van der Waals surface area contributed by atoms with E-state index in [4.69, 9.17) is 23.2 Å². The van der Waals surface area contributed by atoms with Gasteiger partial charge in [-0.1, -0.05) is 23.2 Å². The van der Waals surface area contributed by atoms with Crippen LogP contribution in [-0.4, -0.2) is 4.98 Å². The van der Waals surface area contributed by atoms with Crippen LogP contribution >= 0.6 is 51.5 Å². The molecule has 2 aromatic rings. The van der Waals surface area contributed by atoms with Gasteiger partial charge in [-0.15, -0.1) is 12.4 Å². The largest absolute Gasteiger partial charge is 0.256 e. The van der Waals surface area contributed by atoms with Gasteiger partial charge in [0.2, 0.25) is 0 Å². The topological polar surface area (TPSA) is 12.9 Å². The minimum absolute atomic E-state index is 0. The lowest BCUT2D eigenvalue weighted by Crippen LogP contribution is -1.80. The highest BCUT2D eigenvalue weighted by Crippen LogP contribution is 2.35. The molecule has 0 aliphatic rings. The molecule has 1 aromatic heterocycles. The van der Waals surface area contributed by atoms with Crippen molar-refractivity contribution in [1.29, 1.82) is 0 Å². The first-order valence-corrected chi connectivity index (χ1v) is 5.13. The van der Waals surface area contributed by atoms with Crippen LogP contribution in [0.1, 0.15) is 0 Å². The van der Waals surface area contributed by atoms with E-state index in [1.54, 1.807) is 12.3 Å². The molecule has 5 heteroatoms. The highest BCUT2D eigenvalue weighted by Gasteiger charge is 2.07. The molecular formula is C9H5BrCl3N. The first-order chi connectivity index (χ1) is 6.20. The van der Waals surface area contributed by atoms with Gasteiger partial charge in [-0.25, -0.2) is 0 Å². The molecule has 0 atom stereocenters. The maximum Gasteiger partial charge on any atom is 0.0732 e. The summed E-state index contributed by atoms with van der Waals surface area (Å²) in [6, 6.07) is 5.53. The number of fused-ring (bicyclic) bond motifs is 1. The molecule has 0 fully saturated rings. The van der Waals surface area contributed by atoms with E-state index in [-0.39, 0.29) is 12.4 Å². The third-order valence-corrected chi connectivity index (χ3v) is 3.71. The van der Waals surface area contributed by atoms with E-state index in [9.17, 15) is 0 Å². The molecule has 1 aromatic carbocycles. The van der Waals surface area contributed by atoms with Crippen molar-refractivity contribution in [3.8, 4) is 0 Å². The second kappa shape index (κ2) is 4.67. The molecule has 14 heavy (non-hydrogen) atoms. The zero-order valence-corrected chi connectivity index (χ0v) is 10.7. The quantitative estimate of drug-likeness (QED) is 0.641. The molecule has 0 aliphatic carbocycles. The van der Waals surface area contributed by atoms with Crippen LogP contribution in [0.15, 0.2) is 28.9 Å². The Kier molecular flexibility index (Phi) is 4.02. The number of hydrogen-bond acceptors (Lipinski definition) is 1. The lowest BCUT2D eigenvalue weighted by Gasteiger charge is -2.03. The van der Waals surface area contributed by atoms with E-state index in [2.05, 4.69) is 20.9 Å². The Labute approximate surface area is 106 Å². The van der Waals surface area contributed by atoms with Gasteiger partial charge < -0.3 is 0 Å². The summed E-state index contributed by atoms with van der Waals surface area (Å²) in [6.07, 6.45) is 1.71. The highest BCUT2D eigenvalue weighted by molar-refractivity contribution is 9.10. The monoisotopic (exact) mass is 311 g/mol. The van der Waals surface area contributed by atoms with Crippen molar-refractivity contribution in [3.05, 3.63) is 38.9 Å². The Hall–Kier alpha value is -0.0200. The van der Waals surface area contributed by atoms with E-state index < -0.39 is 0 Å². The zero-order valence-electron chi connectivity index (χ0n) is 6.80. The Morgan fingerprint density at radius 3 is 2.71 bits per heavy atom. The van der Waals surface area contributed by atoms with E-state index in [0.717, 1.165) is 15.4 Å². The zero-order chi connectivity index (χ0) is 9.42. The molecule has 0 saturated carbocycles. The molecule has 0 saturated heterocycles. The third kappa shape index (κ3) is 1.98. The average molecular weight is 313 g/mol. The first-order valence-electron chi connectivity index (χ1n) is 3.58. The van der Waals surface area contributed by atoms with Gasteiger partial charge in [-0.3, -0.25) is 4.98 Å². The maximum atomic E-state index is 6.06. The van der Waals surface area contributed by atoms with Gasteiger partial charge in [0, 0.05) is 11.6 Å². The molecule has 0 unspecified atom stereocenters. The highest BCUT2D eigenvalue weighted by atomic mass is 79.9. The normalized spacial score (nSPS) is 9.93. The molecule has 0 spiro atoms. The predicted molar refractivity (Wildman–Crippen MR) is 66.7 cm³/mol. The lowest BCUT2D eigenvalue weighted by molar-refractivity contribution is 1.41. The summed E-state index contributed by atoms with van der Waals surface area (Å²) in [7, 11) is 0. The van der Waals surface area contributed by atoms with Crippen molar-refractivity contribution in [2.75, 3.05) is 0 Å². The average Bonchev–Trinajstić information content (AvgIpc) is 2.15. The minimum Gasteiger partial charge on any atom is -0.256 e. The number of benzene rings is 1. The van der Waals surface area contributed by atoms with Crippen LogP contribution in [0.2, 0.25) is 10.0 Å². The lowest BCUT2D eigenvalue weighted by atomic mass is 10.2. The third-order valence-electron chi connectivity index (χ3n) is 1.74. The Morgan fingerprint density at radius 2 is 2.00 bits per heavy atom. The summed E-state index contributed by atoms with van der Waals surface area (Å²) in [6.45, 7) is 0. The van der Waals surface area contributed by atoms with Gasteiger partial charge >= 0.3 is 0 Å². The van der Waals surface area contributed by atoms with Crippen LogP contribution in [0.3, 0.4) is 0 Å². The van der Waals surface area contributed by atoms with Gasteiger partial charge in [0.1, 0.15) is 0 Å². The van der Waals surface area contributed by atoms with E-state index in [1.165, 1.54) is 0 Å². The number of aromatic nitrogens is 1. The SMILES string of the molecule is Cl.Clc1cc2ncccc2c(Cl)c1Br. The van der Waals surface area contributed by atoms with Crippen molar-refractivity contribution in [2.24, 2.45) is 0 Å². The van der Waals surface area contributed by atoms with Crippen LogP contribution < -0.4 is 0 Å². The fourth-order valence-electron chi connectivity index (χ4n) is 1.12. The molecule has 0 aliphatic heterocycles. The smallest absolute Gasteiger partial charge is 0.0732 e. The molecule has 0 radical (unpaired) electrons. The van der Waals surface area contributed by atoms with E-state index >= 15 is 0 Å². The van der Waals surface area contributed by atoms with Crippen molar-refractivity contribution >= 4 is 62.4 Å². The predicted octanol–water partition coefficient (Wildman–Crippen LogP) is 4.73. The number of halogens is 4. The maximum absolute atomic E-state index is 6.06. The summed E-state index contributed by atoms with van der Waals surface area (Å²) in [5.41, 5.74) is 0.806.